The zero-order valence-electron chi connectivity index (χ0n) is 7.38. The van der Waals surface area contributed by atoms with Crippen molar-refractivity contribution in [3.05, 3.63) is 35.4 Å². The van der Waals surface area contributed by atoms with Crippen LogP contribution in [0.3, 0.4) is 0 Å². The first-order valence-corrected chi connectivity index (χ1v) is 4.33. The Morgan fingerprint density at radius 2 is 2.31 bits per heavy atom. The van der Waals surface area contributed by atoms with Crippen LogP contribution in [0.25, 0.3) is 5.76 Å². The summed E-state index contributed by atoms with van der Waals surface area (Å²) in [5.41, 5.74) is 0.536. The average molecular weight is 199 g/mol. The second-order valence-corrected chi connectivity index (χ2v) is 2.95. The SMILES string of the molecule is C=C(OCC)c1cc(Cl)ccc1O. The zero-order valence-corrected chi connectivity index (χ0v) is 8.14. The molecule has 1 aromatic rings. The number of benzene rings is 1. The Balaban J connectivity index is 2.99. The quantitative estimate of drug-likeness (QED) is 0.757. The zero-order chi connectivity index (χ0) is 9.84. The number of halogens is 1. The van der Waals surface area contributed by atoms with E-state index in [1.54, 1.807) is 12.1 Å². The normalized spacial score (nSPS) is 9.69. The van der Waals surface area contributed by atoms with E-state index in [9.17, 15) is 5.11 Å². The summed E-state index contributed by atoms with van der Waals surface area (Å²) in [5.74, 6) is 0.561. The molecule has 0 aliphatic rings. The van der Waals surface area contributed by atoms with Crippen LogP contribution in [0.15, 0.2) is 24.8 Å². The smallest absolute Gasteiger partial charge is 0.126 e. The van der Waals surface area contributed by atoms with Gasteiger partial charge in [-0.05, 0) is 25.1 Å². The van der Waals surface area contributed by atoms with Crippen LogP contribution in [0.2, 0.25) is 5.02 Å². The Bertz CT molecular complexity index is 321. The van der Waals surface area contributed by atoms with Gasteiger partial charge in [0.1, 0.15) is 11.5 Å². The topological polar surface area (TPSA) is 29.5 Å². The maximum absolute atomic E-state index is 9.43. The molecule has 0 amide bonds. The van der Waals surface area contributed by atoms with Crippen molar-refractivity contribution in [2.75, 3.05) is 6.61 Å². The lowest BCUT2D eigenvalue weighted by Crippen LogP contribution is -1.90. The van der Waals surface area contributed by atoms with Crippen molar-refractivity contribution in [1.82, 2.24) is 0 Å². The molecule has 0 aliphatic heterocycles. The Morgan fingerprint density at radius 1 is 1.62 bits per heavy atom. The van der Waals surface area contributed by atoms with Gasteiger partial charge in [0.2, 0.25) is 0 Å². The fourth-order valence-corrected chi connectivity index (χ4v) is 1.16. The van der Waals surface area contributed by atoms with Crippen LogP contribution >= 0.6 is 11.6 Å². The summed E-state index contributed by atoms with van der Waals surface area (Å²) in [6, 6.07) is 4.75. The molecule has 0 atom stereocenters. The third-order valence-electron chi connectivity index (χ3n) is 1.58. The highest BCUT2D eigenvalue weighted by molar-refractivity contribution is 6.30. The molecule has 0 saturated carbocycles. The van der Waals surface area contributed by atoms with E-state index < -0.39 is 0 Å². The number of aromatic hydroxyl groups is 1. The van der Waals surface area contributed by atoms with Crippen molar-refractivity contribution in [1.29, 1.82) is 0 Å². The molecular formula is C10H11ClO2. The van der Waals surface area contributed by atoms with Crippen LogP contribution in [-0.2, 0) is 4.74 Å². The summed E-state index contributed by atoms with van der Waals surface area (Å²) in [4.78, 5) is 0. The number of hydrogen-bond donors (Lipinski definition) is 1. The third kappa shape index (κ3) is 2.39. The molecule has 13 heavy (non-hydrogen) atoms. The molecule has 0 unspecified atom stereocenters. The van der Waals surface area contributed by atoms with Crippen LogP contribution in [-0.4, -0.2) is 11.7 Å². The molecule has 0 spiro atoms. The molecule has 70 valence electrons. The van der Waals surface area contributed by atoms with Gasteiger partial charge in [0.25, 0.3) is 0 Å². The van der Waals surface area contributed by atoms with Gasteiger partial charge < -0.3 is 9.84 Å². The Morgan fingerprint density at radius 3 is 2.92 bits per heavy atom. The summed E-state index contributed by atoms with van der Waals surface area (Å²) >= 11 is 5.75. The molecule has 1 rings (SSSR count). The Hall–Kier alpha value is -1.15. The van der Waals surface area contributed by atoms with Crippen molar-refractivity contribution >= 4 is 17.4 Å². The largest absolute Gasteiger partial charge is 0.507 e. The van der Waals surface area contributed by atoms with Crippen molar-refractivity contribution < 1.29 is 9.84 Å². The first-order chi connectivity index (χ1) is 6.15. The van der Waals surface area contributed by atoms with E-state index in [1.165, 1.54) is 6.07 Å². The van der Waals surface area contributed by atoms with E-state index in [4.69, 9.17) is 16.3 Å². The number of ether oxygens (including phenoxy) is 1. The summed E-state index contributed by atoms with van der Waals surface area (Å²) in [6.45, 7) is 6.05. The van der Waals surface area contributed by atoms with Crippen LogP contribution in [0, 0.1) is 0 Å². The van der Waals surface area contributed by atoms with Gasteiger partial charge in [0.05, 0.1) is 12.2 Å². The molecule has 2 nitrogen and oxygen atoms in total. The highest BCUT2D eigenvalue weighted by Crippen LogP contribution is 2.27. The fourth-order valence-electron chi connectivity index (χ4n) is 0.984. The second-order valence-electron chi connectivity index (χ2n) is 2.52. The molecule has 0 fully saturated rings. The first-order valence-electron chi connectivity index (χ1n) is 3.95. The van der Waals surface area contributed by atoms with E-state index in [0.717, 1.165) is 0 Å². The van der Waals surface area contributed by atoms with Gasteiger partial charge in [0, 0.05) is 5.02 Å². The van der Waals surface area contributed by atoms with Crippen molar-refractivity contribution in [3.8, 4) is 5.75 Å². The molecule has 3 heteroatoms. The predicted octanol–water partition coefficient (Wildman–Crippen LogP) is 3.05. The third-order valence-corrected chi connectivity index (χ3v) is 1.81. The van der Waals surface area contributed by atoms with E-state index in [0.29, 0.717) is 23.0 Å². The molecule has 0 heterocycles. The lowest BCUT2D eigenvalue weighted by molar-refractivity contribution is 0.297. The maximum atomic E-state index is 9.43. The Kier molecular flexibility index (Phi) is 3.20. The average Bonchev–Trinajstić information content (AvgIpc) is 2.09. The van der Waals surface area contributed by atoms with Crippen molar-refractivity contribution in [2.24, 2.45) is 0 Å². The van der Waals surface area contributed by atoms with Crippen LogP contribution in [0.5, 0.6) is 5.75 Å². The van der Waals surface area contributed by atoms with E-state index in [2.05, 4.69) is 6.58 Å². The highest BCUT2D eigenvalue weighted by Gasteiger charge is 2.06. The lowest BCUT2D eigenvalue weighted by atomic mass is 10.2. The second kappa shape index (κ2) is 4.19. The minimum absolute atomic E-state index is 0.128. The standard InChI is InChI=1S/C10H11ClO2/c1-3-13-7(2)9-6-8(11)4-5-10(9)12/h4-6,12H,2-3H2,1H3. The summed E-state index contributed by atoms with van der Waals surface area (Å²) in [6.07, 6.45) is 0. The molecular weight excluding hydrogens is 188 g/mol. The first kappa shape index (κ1) is 9.93. The van der Waals surface area contributed by atoms with Crippen LogP contribution in [0.1, 0.15) is 12.5 Å². The minimum Gasteiger partial charge on any atom is -0.507 e. The van der Waals surface area contributed by atoms with Gasteiger partial charge in [-0.15, -0.1) is 0 Å². The van der Waals surface area contributed by atoms with Crippen molar-refractivity contribution in [2.45, 2.75) is 6.92 Å². The molecule has 0 aromatic heterocycles. The fraction of sp³-hybridized carbons (Fsp3) is 0.200. The van der Waals surface area contributed by atoms with Crippen molar-refractivity contribution in [3.63, 3.8) is 0 Å². The molecule has 0 aliphatic carbocycles. The summed E-state index contributed by atoms with van der Waals surface area (Å²) < 4.78 is 5.15. The predicted molar refractivity (Wildman–Crippen MR) is 53.8 cm³/mol. The molecule has 0 bridgehead atoms. The number of phenolic OH excluding ortho intramolecular Hbond substituents is 1. The van der Waals surface area contributed by atoms with E-state index in [-0.39, 0.29) is 5.75 Å². The maximum Gasteiger partial charge on any atom is 0.126 e. The lowest BCUT2D eigenvalue weighted by Gasteiger charge is -2.08. The van der Waals surface area contributed by atoms with Crippen LogP contribution in [0.4, 0.5) is 0 Å². The van der Waals surface area contributed by atoms with Crippen LogP contribution < -0.4 is 0 Å². The van der Waals surface area contributed by atoms with Gasteiger partial charge in [-0.2, -0.15) is 0 Å². The van der Waals surface area contributed by atoms with Gasteiger partial charge in [-0.3, -0.25) is 0 Å². The van der Waals surface area contributed by atoms with Gasteiger partial charge >= 0.3 is 0 Å². The Labute approximate surface area is 82.4 Å². The van der Waals surface area contributed by atoms with Gasteiger partial charge in [-0.25, -0.2) is 0 Å². The highest BCUT2D eigenvalue weighted by atomic mass is 35.5. The number of phenols is 1. The minimum atomic E-state index is 0.128. The molecule has 0 saturated heterocycles. The molecule has 1 aromatic carbocycles. The van der Waals surface area contributed by atoms with Gasteiger partial charge in [-0.1, -0.05) is 18.2 Å². The van der Waals surface area contributed by atoms with Gasteiger partial charge in [0.15, 0.2) is 0 Å². The summed E-state index contributed by atoms with van der Waals surface area (Å²) in [5, 5.41) is 9.98. The molecule has 1 N–H and O–H groups in total. The number of rotatable bonds is 3. The van der Waals surface area contributed by atoms with E-state index >= 15 is 0 Å². The van der Waals surface area contributed by atoms with E-state index in [1.807, 2.05) is 6.92 Å². The summed E-state index contributed by atoms with van der Waals surface area (Å²) in [7, 11) is 0. The molecule has 0 radical (unpaired) electrons. The number of hydrogen-bond acceptors (Lipinski definition) is 2. The monoisotopic (exact) mass is 198 g/mol.